The SMILES string of the molecule is CCCn1nc(C(=O)Nc2ccc(C(C)=O)cc2)ccc1=O. The fourth-order valence-corrected chi connectivity index (χ4v) is 1.93. The molecule has 0 spiro atoms. The van der Waals surface area contributed by atoms with Crippen LogP contribution in [0.3, 0.4) is 0 Å². The number of amides is 1. The van der Waals surface area contributed by atoms with Crippen molar-refractivity contribution in [2.75, 3.05) is 5.32 Å². The van der Waals surface area contributed by atoms with E-state index in [0.717, 1.165) is 6.42 Å². The number of benzene rings is 1. The predicted molar refractivity (Wildman–Crippen MR) is 83.2 cm³/mol. The molecule has 0 unspecified atom stereocenters. The third-order valence-electron chi connectivity index (χ3n) is 3.08. The molecule has 22 heavy (non-hydrogen) atoms. The van der Waals surface area contributed by atoms with Crippen LogP contribution in [-0.4, -0.2) is 21.5 Å². The maximum atomic E-state index is 12.1. The average Bonchev–Trinajstić information content (AvgIpc) is 2.50. The molecule has 0 atom stereocenters. The van der Waals surface area contributed by atoms with Gasteiger partial charge in [-0.05, 0) is 43.7 Å². The van der Waals surface area contributed by atoms with Crippen LogP contribution < -0.4 is 10.9 Å². The molecular weight excluding hydrogens is 282 g/mol. The molecule has 0 bridgehead atoms. The van der Waals surface area contributed by atoms with E-state index in [2.05, 4.69) is 10.4 Å². The Hall–Kier alpha value is -2.76. The summed E-state index contributed by atoms with van der Waals surface area (Å²) in [5.74, 6) is -0.438. The van der Waals surface area contributed by atoms with E-state index in [0.29, 0.717) is 17.8 Å². The lowest BCUT2D eigenvalue weighted by Crippen LogP contribution is -2.26. The van der Waals surface area contributed by atoms with Crippen molar-refractivity contribution in [3.05, 3.63) is 58.0 Å². The van der Waals surface area contributed by atoms with Crippen molar-refractivity contribution in [1.82, 2.24) is 9.78 Å². The molecule has 6 nitrogen and oxygen atoms in total. The first-order chi connectivity index (χ1) is 10.5. The highest BCUT2D eigenvalue weighted by Crippen LogP contribution is 2.11. The number of hydrogen-bond donors (Lipinski definition) is 1. The highest BCUT2D eigenvalue weighted by Gasteiger charge is 2.10. The van der Waals surface area contributed by atoms with Crippen molar-refractivity contribution in [3.63, 3.8) is 0 Å². The van der Waals surface area contributed by atoms with Crippen molar-refractivity contribution in [2.24, 2.45) is 0 Å². The maximum absolute atomic E-state index is 12.1. The third-order valence-corrected chi connectivity index (χ3v) is 3.08. The first kappa shape index (κ1) is 15.6. The second-order valence-corrected chi connectivity index (χ2v) is 4.87. The predicted octanol–water partition coefficient (Wildman–Crippen LogP) is 2.11. The van der Waals surface area contributed by atoms with Gasteiger partial charge in [-0.25, -0.2) is 4.68 Å². The number of carbonyl (C=O) groups is 2. The van der Waals surface area contributed by atoms with Gasteiger partial charge >= 0.3 is 0 Å². The standard InChI is InChI=1S/C16H17N3O3/c1-3-10-19-15(21)9-8-14(18-19)16(22)17-13-6-4-12(5-7-13)11(2)20/h4-9H,3,10H2,1-2H3,(H,17,22). The van der Waals surface area contributed by atoms with E-state index in [4.69, 9.17) is 0 Å². The first-order valence-corrected chi connectivity index (χ1v) is 7.01. The van der Waals surface area contributed by atoms with Gasteiger partial charge in [0.05, 0.1) is 0 Å². The van der Waals surface area contributed by atoms with Crippen LogP contribution in [0.4, 0.5) is 5.69 Å². The van der Waals surface area contributed by atoms with Gasteiger partial charge in [0.25, 0.3) is 11.5 Å². The lowest BCUT2D eigenvalue weighted by molar-refractivity contribution is 0.101. The summed E-state index contributed by atoms with van der Waals surface area (Å²) in [4.78, 5) is 34.9. The van der Waals surface area contributed by atoms with E-state index in [1.807, 2.05) is 6.92 Å². The third kappa shape index (κ3) is 3.66. The van der Waals surface area contributed by atoms with Crippen molar-refractivity contribution >= 4 is 17.4 Å². The van der Waals surface area contributed by atoms with Gasteiger partial charge in [-0.3, -0.25) is 14.4 Å². The molecule has 0 aliphatic heterocycles. The van der Waals surface area contributed by atoms with Crippen LogP contribution in [0.5, 0.6) is 0 Å². The minimum atomic E-state index is -0.402. The Kier molecular flexibility index (Phi) is 4.83. The van der Waals surface area contributed by atoms with Crippen molar-refractivity contribution in [1.29, 1.82) is 0 Å². The van der Waals surface area contributed by atoms with Crippen LogP contribution in [0.2, 0.25) is 0 Å². The number of nitrogens with one attached hydrogen (secondary N) is 1. The smallest absolute Gasteiger partial charge is 0.276 e. The number of hydrogen-bond acceptors (Lipinski definition) is 4. The van der Waals surface area contributed by atoms with Crippen LogP contribution >= 0.6 is 0 Å². The molecule has 0 aliphatic carbocycles. The number of ketones is 1. The minimum Gasteiger partial charge on any atom is -0.321 e. The van der Waals surface area contributed by atoms with E-state index in [1.165, 1.54) is 23.7 Å². The zero-order valence-electron chi connectivity index (χ0n) is 12.5. The van der Waals surface area contributed by atoms with Crippen molar-refractivity contribution < 1.29 is 9.59 Å². The number of aryl methyl sites for hydroxylation is 1. The lowest BCUT2D eigenvalue weighted by atomic mass is 10.1. The first-order valence-electron chi connectivity index (χ1n) is 7.01. The van der Waals surface area contributed by atoms with Gasteiger partial charge in [-0.15, -0.1) is 0 Å². The molecule has 1 aromatic carbocycles. The molecule has 114 valence electrons. The highest BCUT2D eigenvalue weighted by molar-refractivity contribution is 6.03. The number of anilines is 1. The minimum absolute atomic E-state index is 0.0359. The second kappa shape index (κ2) is 6.80. The topological polar surface area (TPSA) is 81.1 Å². The zero-order valence-corrected chi connectivity index (χ0v) is 12.5. The fourth-order valence-electron chi connectivity index (χ4n) is 1.93. The van der Waals surface area contributed by atoms with Gasteiger partial charge in [-0.1, -0.05) is 6.92 Å². The van der Waals surface area contributed by atoms with Crippen LogP contribution in [0, 0.1) is 0 Å². The Morgan fingerprint density at radius 2 is 1.82 bits per heavy atom. The van der Waals surface area contributed by atoms with E-state index in [1.54, 1.807) is 24.3 Å². The number of rotatable bonds is 5. The fraction of sp³-hybridized carbons (Fsp3) is 0.250. The summed E-state index contributed by atoms with van der Waals surface area (Å²) in [7, 11) is 0. The Morgan fingerprint density at radius 3 is 2.41 bits per heavy atom. The van der Waals surface area contributed by atoms with Crippen LogP contribution in [0.15, 0.2) is 41.2 Å². The van der Waals surface area contributed by atoms with Gasteiger partial charge in [0.1, 0.15) is 5.69 Å². The van der Waals surface area contributed by atoms with E-state index < -0.39 is 5.91 Å². The maximum Gasteiger partial charge on any atom is 0.276 e. The van der Waals surface area contributed by atoms with Gasteiger partial charge in [-0.2, -0.15) is 5.10 Å². The molecule has 2 aromatic rings. The molecule has 6 heteroatoms. The van der Waals surface area contributed by atoms with Crippen molar-refractivity contribution in [2.45, 2.75) is 26.8 Å². The van der Waals surface area contributed by atoms with Gasteiger partial charge < -0.3 is 5.32 Å². The van der Waals surface area contributed by atoms with Crippen LogP contribution in [0.25, 0.3) is 0 Å². The van der Waals surface area contributed by atoms with Gasteiger partial charge in [0.15, 0.2) is 5.78 Å². The molecule has 0 saturated heterocycles. The van der Waals surface area contributed by atoms with E-state index in [9.17, 15) is 14.4 Å². The molecule has 0 fully saturated rings. The number of nitrogens with zero attached hydrogens (tertiary/aromatic N) is 2. The molecule has 1 aromatic heterocycles. The van der Waals surface area contributed by atoms with Gasteiger partial charge in [0, 0.05) is 23.9 Å². The molecular formula is C16H17N3O3. The Morgan fingerprint density at radius 1 is 1.14 bits per heavy atom. The summed E-state index contributed by atoms with van der Waals surface area (Å²) in [5, 5.41) is 6.73. The molecule has 1 N–H and O–H groups in total. The molecule has 1 amide bonds. The number of aromatic nitrogens is 2. The molecule has 0 aliphatic rings. The zero-order chi connectivity index (χ0) is 16.1. The summed E-state index contributed by atoms with van der Waals surface area (Å²) in [5.41, 5.74) is 1.07. The highest BCUT2D eigenvalue weighted by atomic mass is 16.2. The largest absolute Gasteiger partial charge is 0.321 e. The Balaban J connectivity index is 2.16. The van der Waals surface area contributed by atoms with E-state index in [-0.39, 0.29) is 17.0 Å². The molecule has 0 saturated carbocycles. The second-order valence-electron chi connectivity index (χ2n) is 4.87. The Bertz CT molecular complexity index is 748. The Labute approximate surface area is 127 Å². The monoisotopic (exact) mass is 299 g/mol. The summed E-state index contributed by atoms with van der Waals surface area (Å²) in [6.45, 7) is 3.87. The quantitative estimate of drug-likeness (QED) is 0.857. The summed E-state index contributed by atoms with van der Waals surface area (Å²) >= 11 is 0. The molecule has 2 rings (SSSR count). The summed E-state index contributed by atoms with van der Waals surface area (Å²) in [6.07, 6.45) is 0.754. The summed E-state index contributed by atoms with van der Waals surface area (Å²) in [6, 6.07) is 9.31. The van der Waals surface area contributed by atoms with Crippen LogP contribution in [0.1, 0.15) is 41.1 Å². The molecule has 1 heterocycles. The number of Topliss-reactive ketones (excluding diaryl/α,β-unsaturated/α-hetero) is 1. The molecule has 0 radical (unpaired) electrons. The lowest BCUT2D eigenvalue weighted by Gasteiger charge is -2.07. The van der Waals surface area contributed by atoms with Crippen molar-refractivity contribution in [3.8, 4) is 0 Å². The number of carbonyl (C=O) groups excluding carboxylic acids is 2. The normalized spacial score (nSPS) is 10.3. The van der Waals surface area contributed by atoms with Gasteiger partial charge in [0.2, 0.25) is 0 Å². The average molecular weight is 299 g/mol. The van der Waals surface area contributed by atoms with Crippen LogP contribution in [-0.2, 0) is 6.54 Å². The van der Waals surface area contributed by atoms with E-state index >= 15 is 0 Å². The summed E-state index contributed by atoms with van der Waals surface area (Å²) < 4.78 is 1.27.